The van der Waals surface area contributed by atoms with E-state index in [1.54, 1.807) is 31.2 Å². The Balaban J connectivity index is 1.75. The van der Waals surface area contributed by atoms with Crippen molar-refractivity contribution in [3.8, 4) is 28.5 Å². The number of benzene rings is 2. The predicted octanol–water partition coefficient (Wildman–Crippen LogP) is 4.99. The molecule has 11 heteroatoms. The van der Waals surface area contributed by atoms with Crippen LogP contribution in [0.1, 0.15) is 17.4 Å². The van der Waals surface area contributed by atoms with Crippen molar-refractivity contribution in [3.05, 3.63) is 53.2 Å². The summed E-state index contributed by atoms with van der Waals surface area (Å²) in [6.45, 7) is 1.84. The van der Waals surface area contributed by atoms with Gasteiger partial charge in [0.1, 0.15) is 11.5 Å². The van der Waals surface area contributed by atoms with Crippen LogP contribution in [0.4, 0.5) is 13.2 Å². The zero-order valence-electron chi connectivity index (χ0n) is 14.8. The predicted molar refractivity (Wildman–Crippen MR) is 96.0 cm³/mol. The molecular weight excluding hydrogens is 415 g/mol. The highest BCUT2D eigenvalue weighted by Gasteiger charge is 2.32. The van der Waals surface area contributed by atoms with Crippen LogP contribution >= 0.6 is 11.6 Å². The monoisotopic (exact) mass is 427 g/mol. The number of hydrogen-bond donors (Lipinski definition) is 1. The maximum atomic E-state index is 12.3. The third-order valence-electron chi connectivity index (χ3n) is 3.56. The summed E-state index contributed by atoms with van der Waals surface area (Å²) in [5.74, 6) is -0.829. The molecule has 0 saturated heterocycles. The number of esters is 1. The second-order valence-corrected chi connectivity index (χ2v) is 5.94. The fraction of sp³-hybridized carbons (Fsp3) is 0.167. The van der Waals surface area contributed by atoms with E-state index < -0.39 is 18.1 Å². The van der Waals surface area contributed by atoms with Crippen LogP contribution in [-0.2, 0) is 4.74 Å². The average Bonchev–Trinajstić information content (AvgIpc) is 3.11. The first kappa shape index (κ1) is 20.5. The Bertz CT molecular complexity index is 1010. The molecule has 0 atom stereocenters. The number of carbonyl (C=O) groups is 1. The van der Waals surface area contributed by atoms with Crippen LogP contribution in [0.3, 0.4) is 0 Å². The van der Waals surface area contributed by atoms with Crippen molar-refractivity contribution in [2.75, 3.05) is 6.61 Å². The van der Waals surface area contributed by atoms with Gasteiger partial charge >= 0.3 is 12.3 Å². The van der Waals surface area contributed by atoms with Gasteiger partial charge in [0, 0.05) is 0 Å². The van der Waals surface area contributed by atoms with Crippen LogP contribution < -0.4 is 9.47 Å². The van der Waals surface area contributed by atoms with Crippen LogP contribution in [0.25, 0.3) is 11.1 Å². The van der Waals surface area contributed by atoms with E-state index in [-0.39, 0.29) is 23.2 Å². The SMILES string of the molecule is CCOC(=O)c1[nH]nnc1Oc1ccc(-c2ccc(OC(F)(F)F)c(Cl)c2)cc1. The Morgan fingerprint density at radius 1 is 1.14 bits per heavy atom. The summed E-state index contributed by atoms with van der Waals surface area (Å²) in [7, 11) is 0. The van der Waals surface area contributed by atoms with Crippen LogP contribution in [-0.4, -0.2) is 34.3 Å². The molecule has 0 spiro atoms. The topological polar surface area (TPSA) is 86.3 Å². The van der Waals surface area contributed by atoms with Gasteiger partial charge in [-0.3, -0.25) is 0 Å². The Morgan fingerprint density at radius 3 is 2.45 bits per heavy atom. The Kier molecular flexibility index (Phi) is 5.92. The van der Waals surface area contributed by atoms with Crippen molar-refractivity contribution in [2.24, 2.45) is 0 Å². The molecule has 2 aromatic carbocycles. The van der Waals surface area contributed by atoms with Crippen LogP contribution in [0, 0.1) is 0 Å². The second-order valence-electron chi connectivity index (χ2n) is 5.53. The number of aromatic amines is 1. The van der Waals surface area contributed by atoms with Crippen molar-refractivity contribution >= 4 is 17.6 Å². The van der Waals surface area contributed by atoms with Crippen molar-refractivity contribution in [2.45, 2.75) is 13.3 Å². The van der Waals surface area contributed by atoms with Crippen LogP contribution in [0.15, 0.2) is 42.5 Å². The molecule has 3 rings (SSSR count). The van der Waals surface area contributed by atoms with Crippen molar-refractivity contribution < 1.29 is 32.2 Å². The lowest BCUT2D eigenvalue weighted by Crippen LogP contribution is -2.17. The minimum atomic E-state index is -4.83. The van der Waals surface area contributed by atoms with E-state index in [2.05, 4.69) is 20.1 Å². The first-order valence-electron chi connectivity index (χ1n) is 8.18. The third kappa shape index (κ3) is 5.17. The van der Waals surface area contributed by atoms with Crippen LogP contribution in [0.2, 0.25) is 5.02 Å². The smallest absolute Gasteiger partial charge is 0.461 e. The highest BCUT2D eigenvalue weighted by Crippen LogP contribution is 2.34. The summed E-state index contributed by atoms with van der Waals surface area (Å²) in [6, 6.07) is 10.4. The number of alkyl halides is 3. The molecule has 152 valence electrons. The molecule has 0 saturated carbocycles. The zero-order valence-corrected chi connectivity index (χ0v) is 15.5. The number of nitrogens with zero attached hydrogens (tertiary/aromatic N) is 2. The third-order valence-corrected chi connectivity index (χ3v) is 3.85. The standard InChI is InChI=1S/C18H13ClF3N3O4/c1-2-27-17(26)15-16(24-25-23-15)28-12-6-3-10(4-7-12)11-5-8-14(13(19)9-11)29-18(20,21)22/h3-9H,2H2,1H3,(H,23,24,25). The molecule has 0 amide bonds. The molecule has 1 heterocycles. The van der Waals surface area contributed by atoms with Crippen molar-refractivity contribution in [1.29, 1.82) is 0 Å². The fourth-order valence-corrected chi connectivity index (χ4v) is 2.56. The molecule has 1 N–H and O–H groups in total. The first-order chi connectivity index (χ1) is 13.8. The van der Waals surface area contributed by atoms with E-state index in [0.717, 1.165) is 6.07 Å². The molecule has 0 fully saturated rings. The highest BCUT2D eigenvalue weighted by molar-refractivity contribution is 6.32. The summed E-state index contributed by atoms with van der Waals surface area (Å²) < 4.78 is 51.2. The van der Waals surface area contributed by atoms with E-state index in [9.17, 15) is 18.0 Å². The summed E-state index contributed by atoms with van der Waals surface area (Å²) in [6.07, 6.45) is -4.83. The summed E-state index contributed by atoms with van der Waals surface area (Å²) >= 11 is 5.87. The van der Waals surface area contributed by atoms with E-state index in [1.807, 2.05) is 0 Å². The Hall–Kier alpha value is -3.27. The first-order valence-corrected chi connectivity index (χ1v) is 8.56. The van der Waals surface area contributed by atoms with Gasteiger partial charge in [0.15, 0.2) is 0 Å². The van der Waals surface area contributed by atoms with Crippen molar-refractivity contribution in [3.63, 3.8) is 0 Å². The van der Waals surface area contributed by atoms with Gasteiger partial charge in [-0.25, -0.2) is 9.89 Å². The maximum Gasteiger partial charge on any atom is 0.573 e. The number of aromatic nitrogens is 3. The molecule has 0 bridgehead atoms. The minimum Gasteiger partial charge on any atom is -0.461 e. The number of H-pyrrole nitrogens is 1. The summed E-state index contributed by atoms with van der Waals surface area (Å²) in [5.41, 5.74) is 1.22. The lowest BCUT2D eigenvalue weighted by molar-refractivity contribution is -0.274. The molecule has 3 aromatic rings. The van der Waals surface area contributed by atoms with Gasteiger partial charge in [-0.2, -0.15) is 0 Å². The molecule has 0 aliphatic rings. The van der Waals surface area contributed by atoms with E-state index in [0.29, 0.717) is 16.9 Å². The zero-order chi connectivity index (χ0) is 21.0. The van der Waals surface area contributed by atoms with Gasteiger partial charge in [0.2, 0.25) is 5.69 Å². The summed E-state index contributed by atoms with van der Waals surface area (Å²) in [5, 5.41) is 9.45. The normalized spacial score (nSPS) is 11.2. The Labute approximate surface area is 167 Å². The van der Waals surface area contributed by atoms with E-state index >= 15 is 0 Å². The maximum absolute atomic E-state index is 12.3. The largest absolute Gasteiger partial charge is 0.573 e. The molecule has 1 aromatic heterocycles. The van der Waals surface area contributed by atoms with Gasteiger partial charge in [-0.15, -0.1) is 13.2 Å². The molecule has 7 nitrogen and oxygen atoms in total. The lowest BCUT2D eigenvalue weighted by Gasteiger charge is -2.11. The van der Waals surface area contributed by atoms with Crippen molar-refractivity contribution in [1.82, 2.24) is 15.4 Å². The molecule has 0 unspecified atom stereocenters. The fourth-order valence-electron chi connectivity index (χ4n) is 2.34. The average molecular weight is 428 g/mol. The lowest BCUT2D eigenvalue weighted by atomic mass is 10.1. The van der Waals surface area contributed by atoms with Gasteiger partial charge in [0.25, 0.3) is 5.88 Å². The summed E-state index contributed by atoms with van der Waals surface area (Å²) in [4.78, 5) is 11.8. The second kappa shape index (κ2) is 8.39. The quantitative estimate of drug-likeness (QED) is 0.557. The number of ether oxygens (including phenoxy) is 3. The van der Waals surface area contributed by atoms with Gasteiger partial charge < -0.3 is 14.2 Å². The number of hydrogen-bond acceptors (Lipinski definition) is 6. The van der Waals surface area contributed by atoms with Gasteiger partial charge in [-0.05, 0) is 42.3 Å². The molecule has 0 aliphatic carbocycles. The molecule has 0 radical (unpaired) electrons. The number of nitrogens with one attached hydrogen (secondary N) is 1. The number of carbonyl (C=O) groups excluding carboxylic acids is 1. The highest BCUT2D eigenvalue weighted by atomic mass is 35.5. The van der Waals surface area contributed by atoms with E-state index in [1.165, 1.54) is 12.1 Å². The van der Waals surface area contributed by atoms with Crippen LogP contribution in [0.5, 0.6) is 17.4 Å². The van der Waals surface area contributed by atoms with Gasteiger partial charge in [-0.1, -0.05) is 40.1 Å². The van der Waals surface area contributed by atoms with E-state index in [4.69, 9.17) is 21.1 Å². The molecular formula is C18H13ClF3N3O4. The number of rotatable bonds is 6. The molecule has 29 heavy (non-hydrogen) atoms. The molecule has 0 aliphatic heterocycles. The Morgan fingerprint density at radius 2 is 1.83 bits per heavy atom. The van der Waals surface area contributed by atoms with Gasteiger partial charge in [0.05, 0.1) is 11.6 Å². The number of halogens is 4. The minimum absolute atomic E-state index is 0.0250.